The van der Waals surface area contributed by atoms with Gasteiger partial charge in [-0.1, -0.05) is 12.1 Å². The van der Waals surface area contributed by atoms with Crippen molar-refractivity contribution in [2.24, 2.45) is 0 Å². The van der Waals surface area contributed by atoms with E-state index in [9.17, 15) is 4.79 Å². The average Bonchev–Trinajstić information content (AvgIpc) is 2.25. The van der Waals surface area contributed by atoms with Gasteiger partial charge in [0.05, 0.1) is 5.56 Å². The highest BCUT2D eigenvalue weighted by molar-refractivity contribution is 5.99. The summed E-state index contributed by atoms with van der Waals surface area (Å²) in [4.78, 5) is 11.7. The zero-order valence-corrected chi connectivity index (χ0v) is 8.54. The second-order valence-corrected chi connectivity index (χ2v) is 4.28. The van der Waals surface area contributed by atoms with Gasteiger partial charge in [0.15, 0.2) is 5.78 Å². The Labute approximate surface area is 83.9 Å². The number of rotatable bonds is 0. The molecule has 1 aliphatic rings. The Balaban J connectivity index is 2.46. The summed E-state index contributed by atoms with van der Waals surface area (Å²) in [5.74, 6) is 0.908. The topological polar surface area (TPSA) is 26.3 Å². The zero-order valence-electron chi connectivity index (χ0n) is 8.54. The minimum absolute atomic E-state index is 0.186. The minimum Gasteiger partial charge on any atom is -0.487 e. The Kier molecular flexibility index (Phi) is 2.06. The Morgan fingerprint density at radius 2 is 2.00 bits per heavy atom. The molecule has 1 aliphatic heterocycles. The molecule has 0 bridgehead atoms. The molecule has 0 aromatic heterocycles. The molecule has 0 fully saturated rings. The molecule has 0 N–H and O–H groups in total. The normalized spacial score (nSPS) is 19.4. The molecule has 0 radical (unpaired) electrons. The predicted octanol–water partition coefficient (Wildman–Crippen LogP) is 2.82. The van der Waals surface area contributed by atoms with Gasteiger partial charge in [0, 0.05) is 6.42 Å². The lowest BCUT2D eigenvalue weighted by atomic mass is 10.0. The quantitative estimate of drug-likeness (QED) is 0.628. The lowest BCUT2D eigenvalue weighted by Gasteiger charge is -2.24. The number of Topliss-reactive ketones (excluding diaryl/α,β-unsaturated/α-hetero) is 1. The summed E-state index contributed by atoms with van der Waals surface area (Å²) in [5.41, 5.74) is 0.487. The van der Waals surface area contributed by atoms with Crippen molar-refractivity contribution >= 4 is 5.78 Å². The molecular weight excluding hydrogens is 176 g/mol. The van der Waals surface area contributed by atoms with E-state index in [0.29, 0.717) is 6.42 Å². The molecule has 2 rings (SSSR count). The summed E-state index contributed by atoms with van der Waals surface area (Å²) in [7, 11) is 0. The van der Waals surface area contributed by atoms with Gasteiger partial charge in [-0.05, 0) is 32.4 Å². The van der Waals surface area contributed by atoms with Crippen LogP contribution in [-0.4, -0.2) is 11.4 Å². The summed E-state index contributed by atoms with van der Waals surface area (Å²) in [6.45, 7) is 4.03. The average molecular weight is 190 g/mol. The van der Waals surface area contributed by atoms with Crippen molar-refractivity contribution in [1.29, 1.82) is 0 Å². The Morgan fingerprint density at radius 1 is 1.29 bits per heavy atom. The Bertz CT molecular complexity index is 366. The number of hydrogen-bond acceptors (Lipinski definition) is 2. The number of fused-ring (bicyclic) bond motifs is 1. The maximum Gasteiger partial charge on any atom is 0.166 e. The number of para-hydroxylation sites is 1. The van der Waals surface area contributed by atoms with Crippen LogP contribution in [0.3, 0.4) is 0 Å². The molecule has 0 amide bonds. The third kappa shape index (κ3) is 1.65. The molecule has 2 nitrogen and oxygen atoms in total. The summed E-state index contributed by atoms with van der Waals surface area (Å²) in [5, 5.41) is 0. The molecule has 0 unspecified atom stereocenters. The van der Waals surface area contributed by atoms with Gasteiger partial charge in [-0.3, -0.25) is 4.79 Å². The van der Waals surface area contributed by atoms with Crippen LogP contribution in [0.4, 0.5) is 0 Å². The molecule has 0 aliphatic carbocycles. The first-order chi connectivity index (χ1) is 6.58. The lowest BCUT2D eigenvalue weighted by Crippen LogP contribution is -2.26. The fourth-order valence-electron chi connectivity index (χ4n) is 1.68. The number of carbonyl (C=O) groups excluding carboxylic acids is 1. The molecular formula is C12H14O2. The highest BCUT2D eigenvalue weighted by atomic mass is 16.5. The lowest BCUT2D eigenvalue weighted by molar-refractivity contribution is 0.0907. The van der Waals surface area contributed by atoms with Crippen LogP contribution in [0.2, 0.25) is 0 Å². The van der Waals surface area contributed by atoms with Crippen molar-refractivity contribution in [3.8, 4) is 5.75 Å². The van der Waals surface area contributed by atoms with Gasteiger partial charge < -0.3 is 4.74 Å². The van der Waals surface area contributed by atoms with E-state index in [0.717, 1.165) is 17.7 Å². The molecule has 2 heteroatoms. The molecule has 1 aromatic carbocycles. The van der Waals surface area contributed by atoms with E-state index in [1.54, 1.807) is 0 Å². The van der Waals surface area contributed by atoms with Gasteiger partial charge in [-0.2, -0.15) is 0 Å². The van der Waals surface area contributed by atoms with Crippen molar-refractivity contribution in [1.82, 2.24) is 0 Å². The summed E-state index contributed by atoms with van der Waals surface area (Å²) < 4.78 is 5.79. The highest BCUT2D eigenvalue weighted by Crippen LogP contribution is 2.31. The smallest absolute Gasteiger partial charge is 0.166 e. The zero-order chi connectivity index (χ0) is 10.2. The monoisotopic (exact) mass is 190 g/mol. The largest absolute Gasteiger partial charge is 0.487 e. The Morgan fingerprint density at radius 3 is 2.79 bits per heavy atom. The summed E-state index contributed by atoms with van der Waals surface area (Å²) in [6.07, 6.45) is 1.35. The third-order valence-electron chi connectivity index (χ3n) is 2.53. The summed E-state index contributed by atoms with van der Waals surface area (Å²) >= 11 is 0. The van der Waals surface area contributed by atoms with E-state index in [1.807, 2.05) is 38.1 Å². The van der Waals surface area contributed by atoms with Crippen LogP contribution in [0.1, 0.15) is 37.0 Å². The van der Waals surface area contributed by atoms with Crippen LogP contribution in [0.25, 0.3) is 0 Å². The maximum atomic E-state index is 11.7. The number of benzene rings is 1. The first kappa shape index (κ1) is 9.25. The van der Waals surface area contributed by atoms with E-state index < -0.39 is 0 Å². The van der Waals surface area contributed by atoms with Gasteiger partial charge in [-0.15, -0.1) is 0 Å². The number of ketones is 1. The van der Waals surface area contributed by atoms with Crippen molar-refractivity contribution in [2.45, 2.75) is 32.3 Å². The molecule has 0 atom stereocenters. The molecule has 0 saturated carbocycles. The number of carbonyl (C=O) groups is 1. The van der Waals surface area contributed by atoms with Gasteiger partial charge >= 0.3 is 0 Å². The Hall–Kier alpha value is -1.31. The third-order valence-corrected chi connectivity index (χ3v) is 2.53. The first-order valence-electron chi connectivity index (χ1n) is 4.90. The van der Waals surface area contributed by atoms with Gasteiger partial charge in [-0.25, -0.2) is 0 Å². The summed E-state index contributed by atoms with van der Waals surface area (Å²) in [6, 6.07) is 7.46. The van der Waals surface area contributed by atoms with Gasteiger partial charge in [0.1, 0.15) is 11.4 Å². The SMILES string of the molecule is CC1(C)CCC(=O)c2ccccc2O1. The number of ether oxygens (including phenoxy) is 1. The van der Waals surface area contributed by atoms with Crippen LogP contribution in [0, 0.1) is 0 Å². The van der Waals surface area contributed by atoms with Crippen LogP contribution in [0.15, 0.2) is 24.3 Å². The van der Waals surface area contributed by atoms with Gasteiger partial charge in [0.25, 0.3) is 0 Å². The standard InChI is InChI=1S/C12H14O2/c1-12(2)8-7-10(13)9-5-3-4-6-11(9)14-12/h3-6H,7-8H2,1-2H3. The van der Waals surface area contributed by atoms with Crippen molar-refractivity contribution < 1.29 is 9.53 Å². The molecule has 14 heavy (non-hydrogen) atoms. The van der Waals surface area contributed by atoms with Crippen LogP contribution < -0.4 is 4.74 Å². The molecule has 1 aromatic rings. The van der Waals surface area contributed by atoms with Crippen molar-refractivity contribution in [3.05, 3.63) is 29.8 Å². The van der Waals surface area contributed by atoms with E-state index in [1.165, 1.54) is 0 Å². The van der Waals surface area contributed by atoms with Crippen LogP contribution in [-0.2, 0) is 0 Å². The van der Waals surface area contributed by atoms with Gasteiger partial charge in [0.2, 0.25) is 0 Å². The number of hydrogen-bond donors (Lipinski definition) is 0. The predicted molar refractivity (Wildman–Crippen MR) is 54.7 cm³/mol. The fraction of sp³-hybridized carbons (Fsp3) is 0.417. The van der Waals surface area contributed by atoms with E-state index >= 15 is 0 Å². The second kappa shape index (κ2) is 3.12. The minimum atomic E-state index is -0.234. The van der Waals surface area contributed by atoms with Crippen LogP contribution in [0.5, 0.6) is 5.75 Å². The molecule has 74 valence electrons. The second-order valence-electron chi connectivity index (χ2n) is 4.28. The molecule has 0 spiro atoms. The van der Waals surface area contributed by atoms with E-state index in [-0.39, 0.29) is 11.4 Å². The maximum absolute atomic E-state index is 11.7. The fourth-order valence-corrected chi connectivity index (χ4v) is 1.68. The van der Waals surface area contributed by atoms with E-state index in [4.69, 9.17) is 4.74 Å². The van der Waals surface area contributed by atoms with Crippen molar-refractivity contribution in [3.63, 3.8) is 0 Å². The molecule has 1 heterocycles. The first-order valence-corrected chi connectivity index (χ1v) is 4.90. The van der Waals surface area contributed by atoms with Crippen LogP contribution >= 0.6 is 0 Å². The van der Waals surface area contributed by atoms with Crippen molar-refractivity contribution in [2.75, 3.05) is 0 Å². The molecule has 0 saturated heterocycles. The highest BCUT2D eigenvalue weighted by Gasteiger charge is 2.27. The van der Waals surface area contributed by atoms with E-state index in [2.05, 4.69) is 0 Å².